The number of hydrogen-bond donors (Lipinski definition) is 2. The average Bonchev–Trinajstić information content (AvgIpc) is 2.18. The van der Waals surface area contributed by atoms with Crippen LogP contribution < -0.4 is 5.32 Å². The van der Waals surface area contributed by atoms with Gasteiger partial charge in [0.25, 0.3) is 0 Å². The zero-order valence-electron chi connectivity index (χ0n) is 8.85. The first-order valence-corrected chi connectivity index (χ1v) is 4.79. The van der Waals surface area contributed by atoms with Gasteiger partial charge < -0.3 is 10.4 Å². The quantitative estimate of drug-likeness (QED) is 0.802. The molecule has 1 unspecified atom stereocenters. The first-order valence-electron chi connectivity index (χ1n) is 4.79. The molecule has 0 aromatic heterocycles. The minimum absolute atomic E-state index is 0.0263. The molecule has 84 valence electrons. The number of hydrogen-bond acceptors (Lipinski definition) is 2. The Labute approximate surface area is 87.9 Å². The van der Waals surface area contributed by atoms with Gasteiger partial charge in [-0.15, -0.1) is 0 Å². The summed E-state index contributed by atoms with van der Waals surface area (Å²) in [6, 6.07) is 3.75. The number of halogens is 2. The fourth-order valence-corrected chi connectivity index (χ4v) is 1.62. The first kappa shape index (κ1) is 12.1. The van der Waals surface area contributed by atoms with E-state index < -0.39 is 17.2 Å². The molecule has 0 radical (unpaired) electrons. The van der Waals surface area contributed by atoms with Crippen LogP contribution >= 0.6 is 0 Å². The largest absolute Gasteiger partial charge is 0.396 e. The minimum Gasteiger partial charge on any atom is -0.396 e. The topological polar surface area (TPSA) is 32.3 Å². The molecule has 1 atom stereocenters. The highest BCUT2D eigenvalue weighted by Crippen LogP contribution is 2.28. The summed E-state index contributed by atoms with van der Waals surface area (Å²) in [7, 11) is 1.61. The molecular weight excluding hydrogens is 200 g/mol. The fourth-order valence-electron chi connectivity index (χ4n) is 1.62. The van der Waals surface area contributed by atoms with Gasteiger partial charge in [-0.25, -0.2) is 8.78 Å². The molecule has 1 aromatic rings. The van der Waals surface area contributed by atoms with E-state index in [1.807, 2.05) is 0 Å². The number of rotatable bonds is 4. The smallest absolute Gasteiger partial charge is 0.131 e. The third-order valence-electron chi connectivity index (χ3n) is 2.68. The van der Waals surface area contributed by atoms with Crippen LogP contribution in [0.2, 0.25) is 0 Å². The molecule has 0 saturated carbocycles. The Morgan fingerprint density at radius 2 is 1.87 bits per heavy atom. The molecule has 15 heavy (non-hydrogen) atoms. The molecule has 2 nitrogen and oxygen atoms in total. The maximum atomic E-state index is 13.5. The van der Waals surface area contributed by atoms with Crippen molar-refractivity contribution in [3.8, 4) is 0 Å². The lowest BCUT2D eigenvalue weighted by Gasteiger charge is -2.29. The lowest BCUT2D eigenvalue weighted by Crippen LogP contribution is -2.39. The highest BCUT2D eigenvalue weighted by molar-refractivity contribution is 5.27. The Morgan fingerprint density at radius 1 is 1.33 bits per heavy atom. The van der Waals surface area contributed by atoms with Crippen molar-refractivity contribution in [2.45, 2.75) is 18.9 Å². The van der Waals surface area contributed by atoms with Crippen molar-refractivity contribution in [3.63, 3.8) is 0 Å². The van der Waals surface area contributed by atoms with Crippen molar-refractivity contribution < 1.29 is 13.9 Å². The Bertz CT molecular complexity index is 323. The van der Waals surface area contributed by atoms with E-state index in [1.165, 1.54) is 18.2 Å². The molecule has 4 heteroatoms. The normalized spacial score (nSPS) is 15.0. The molecule has 1 aromatic carbocycles. The van der Waals surface area contributed by atoms with Gasteiger partial charge in [0.1, 0.15) is 11.6 Å². The van der Waals surface area contributed by atoms with E-state index in [1.54, 1.807) is 14.0 Å². The van der Waals surface area contributed by atoms with Gasteiger partial charge in [0.15, 0.2) is 0 Å². The molecule has 0 aliphatic carbocycles. The van der Waals surface area contributed by atoms with Crippen LogP contribution in [0, 0.1) is 11.6 Å². The average molecular weight is 215 g/mol. The highest BCUT2D eigenvalue weighted by atomic mass is 19.1. The zero-order chi connectivity index (χ0) is 11.5. The number of benzene rings is 1. The Balaban J connectivity index is 3.22. The van der Waals surface area contributed by atoms with Crippen molar-refractivity contribution in [2.75, 3.05) is 13.7 Å². The van der Waals surface area contributed by atoms with E-state index in [0.29, 0.717) is 0 Å². The monoisotopic (exact) mass is 215 g/mol. The van der Waals surface area contributed by atoms with E-state index >= 15 is 0 Å². The second-order valence-corrected chi connectivity index (χ2v) is 3.65. The Morgan fingerprint density at radius 3 is 2.27 bits per heavy atom. The van der Waals surface area contributed by atoms with Crippen LogP contribution in [0.5, 0.6) is 0 Å². The second-order valence-electron chi connectivity index (χ2n) is 3.65. The van der Waals surface area contributed by atoms with Gasteiger partial charge in [-0.3, -0.25) is 0 Å². The molecule has 1 rings (SSSR count). The molecule has 0 heterocycles. The highest BCUT2D eigenvalue weighted by Gasteiger charge is 2.30. The van der Waals surface area contributed by atoms with Crippen molar-refractivity contribution in [1.82, 2.24) is 5.32 Å². The van der Waals surface area contributed by atoms with Crippen LogP contribution in [-0.4, -0.2) is 18.8 Å². The van der Waals surface area contributed by atoms with Gasteiger partial charge in [-0.05, 0) is 32.5 Å². The minimum atomic E-state index is -0.885. The molecular formula is C11H15F2NO. The van der Waals surface area contributed by atoms with Crippen LogP contribution in [0.15, 0.2) is 18.2 Å². The third-order valence-corrected chi connectivity index (χ3v) is 2.68. The van der Waals surface area contributed by atoms with Crippen LogP contribution in [0.1, 0.15) is 18.9 Å². The molecule has 2 N–H and O–H groups in total. The molecule has 0 aliphatic heterocycles. The summed E-state index contributed by atoms with van der Waals surface area (Å²) >= 11 is 0. The van der Waals surface area contributed by atoms with Crippen LogP contribution in [0.25, 0.3) is 0 Å². The van der Waals surface area contributed by atoms with Gasteiger partial charge >= 0.3 is 0 Å². The molecule has 0 fully saturated rings. The molecule has 0 bridgehead atoms. The van der Waals surface area contributed by atoms with Gasteiger partial charge in [0, 0.05) is 17.7 Å². The van der Waals surface area contributed by atoms with E-state index in [2.05, 4.69) is 5.32 Å². The lowest BCUT2D eigenvalue weighted by molar-refractivity contribution is 0.221. The van der Waals surface area contributed by atoms with Crippen LogP contribution in [0.4, 0.5) is 8.78 Å². The van der Waals surface area contributed by atoms with Crippen molar-refractivity contribution in [3.05, 3.63) is 35.4 Å². The Hall–Kier alpha value is -1.00. The van der Waals surface area contributed by atoms with E-state index in [0.717, 1.165) is 0 Å². The summed E-state index contributed by atoms with van der Waals surface area (Å²) in [5.41, 5.74) is -0.911. The van der Waals surface area contributed by atoms with Crippen LogP contribution in [-0.2, 0) is 5.54 Å². The predicted molar refractivity (Wildman–Crippen MR) is 54.5 cm³/mol. The standard InChI is InChI=1S/C11H15F2NO/c1-11(14-2,6-7-15)10-8(12)4-3-5-9(10)13/h3-5,14-15H,6-7H2,1-2H3. The summed E-state index contributed by atoms with van der Waals surface area (Å²) in [5.74, 6) is -1.19. The summed E-state index contributed by atoms with van der Waals surface area (Å²) in [4.78, 5) is 0. The third kappa shape index (κ3) is 2.33. The number of aliphatic hydroxyl groups is 1. The SMILES string of the molecule is CNC(C)(CCO)c1c(F)cccc1F. The van der Waals surface area contributed by atoms with E-state index in [4.69, 9.17) is 5.11 Å². The summed E-state index contributed by atoms with van der Waals surface area (Å²) in [5, 5.41) is 11.7. The zero-order valence-corrected chi connectivity index (χ0v) is 8.85. The van der Waals surface area contributed by atoms with Gasteiger partial charge in [0.05, 0.1) is 0 Å². The van der Waals surface area contributed by atoms with Gasteiger partial charge in [-0.2, -0.15) is 0 Å². The maximum absolute atomic E-state index is 13.5. The predicted octanol–water partition coefficient (Wildman–Crippen LogP) is 1.78. The van der Waals surface area contributed by atoms with E-state index in [-0.39, 0.29) is 18.6 Å². The van der Waals surface area contributed by atoms with Crippen LogP contribution in [0.3, 0.4) is 0 Å². The summed E-state index contributed by atoms with van der Waals surface area (Å²) in [6.07, 6.45) is 0.251. The fraction of sp³-hybridized carbons (Fsp3) is 0.455. The van der Waals surface area contributed by atoms with Crippen molar-refractivity contribution >= 4 is 0 Å². The molecule has 0 aliphatic rings. The first-order chi connectivity index (χ1) is 7.05. The molecule has 0 spiro atoms. The summed E-state index contributed by atoms with van der Waals surface area (Å²) in [6.45, 7) is 1.52. The second kappa shape index (κ2) is 4.68. The van der Waals surface area contributed by atoms with E-state index in [9.17, 15) is 8.78 Å². The summed E-state index contributed by atoms with van der Waals surface area (Å²) < 4.78 is 27.0. The number of nitrogens with one attached hydrogen (secondary N) is 1. The maximum Gasteiger partial charge on any atom is 0.131 e. The molecule has 0 amide bonds. The van der Waals surface area contributed by atoms with Gasteiger partial charge in [0.2, 0.25) is 0 Å². The lowest BCUT2D eigenvalue weighted by atomic mass is 9.88. The Kier molecular flexibility index (Phi) is 3.77. The van der Waals surface area contributed by atoms with Crippen molar-refractivity contribution in [1.29, 1.82) is 0 Å². The molecule has 0 saturated heterocycles. The van der Waals surface area contributed by atoms with Gasteiger partial charge in [-0.1, -0.05) is 6.07 Å². The number of aliphatic hydroxyl groups excluding tert-OH is 1. The van der Waals surface area contributed by atoms with Crippen molar-refractivity contribution in [2.24, 2.45) is 0 Å².